The van der Waals surface area contributed by atoms with Crippen LogP contribution in [0, 0.1) is 0 Å². The van der Waals surface area contributed by atoms with Crippen molar-refractivity contribution in [3.63, 3.8) is 0 Å². The summed E-state index contributed by atoms with van der Waals surface area (Å²) in [6.45, 7) is 2.94. The number of nitrogens with zero attached hydrogens (tertiary/aromatic N) is 1. The Balaban J connectivity index is 3.80. The maximum absolute atomic E-state index is 11.6. The van der Waals surface area contributed by atoms with Crippen molar-refractivity contribution in [2.45, 2.75) is 0 Å². The third-order valence-electron chi connectivity index (χ3n) is 0.478. The van der Waals surface area contributed by atoms with Gasteiger partial charge in [0.25, 0.3) is 5.91 Å². The average Bonchev–Trinajstić information content (AvgIpc) is 1.84. The summed E-state index contributed by atoms with van der Waals surface area (Å²) in [6.07, 6.45) is 0.471. The highest BCUT2D eigenvalue weighted by atomic mass is 19.2. The van der Waals surface area contributed by atoms with E-state index in [1.54, 1.807) is 0 Å². The van der Waals surface area contributed by atoms with E-state index in [-0.39, 0.29) is 6.41 Å². The summed E-state index contributed by atoms with van der Waals surface area (Å²) < 4.78 is 11.6. The van der Waals surface area contributed by atoms with Crippen LogP contribution in [0.25, 0.3) is 0 Å². The molecule has 0 rings (SSSR count). The van der Waals surface area contributed by atoms with Crippen molar-refractivity contribution in [2.75, 3.05) is 0 Å². The first kappa shape index (κ1) is 6.81. The molecule has 0 aromatic heterocycles. The minimum atomic E-state index is -1.06. The molecule has 0 aliphatic rings. The van der Waals surface area contributed by atoms with E-state index in [9.17, 15) is 14.1 Å². The smallest absolute Gasteiger partial charge is 0.276 e. The molecule has 4 heteroatoms. The zero-order valence-corrected chi connectivity index (χ0v) is 4.00. The van der Waals surface area contributed by atoms with Crippen LogP contribution in [0.5, 0.6) is 0 Å². The Morgan fingerprint density at radius 3 is 2.38 bits per heavy atom. The first-order valence-electron chi connectivity index (χ1n) is 1.79. The lowest BCUT2D eigenvalue weighted by atomic mass is 10.6. The van der Waals surface area contributed by atoms with Gasteiger partial charge in [-0.05, 0) is 6.08 Å². The third-order valence-corrected chi connectivity index (χ3v) is 0.478. The molecule has 44 valence electrons. The number of amides is 2. The zero-order valence-electron chi connectivity index (χ0n) is 4.00. The molecule has 0 bridgehead atoms. The topological polar surface area (TPSA) is 37.4 Å². The number of imide groups is 1. The van der Waals surface area contributed by atoms with Crippen LogP contribution < -0.4 is 0 Å². The van der Waals surface area contributed by atoms with Gasteiger partial charge in [0.05, 0.1) is 0 Å². The van der Waals surface area contributed by atoms with E-state index in [4.69, 9.17) is 0 Å². The Bertz CT molecular complexity index is 123. The minimum Gasteiger partial charge on any atom is -0.276 e. The van der Waals surface area contributed by atoms with Gasteiger partial charge in [0, 0.05) is 0 Å². The maximum Gasteiger partial charge on any atom is 0.280 e. The van der Waals surface area contributed by atoms with Gasteiger partial charge in [-0.1, -0.05) is 11.1 Å². The highest BCUT2D eigenvalue weighted by Crippen LogP contribution is 1.83. The number of halogens is 1. The molecule has 0 saturated carbocycles. The van der Waals surface area contributed by atoms with Crippen LogP contribution in [0.4, 0.5) is 4.48 Å². The molecule has 8 heavy (non-hydrogen) atoms. The number of hydrogen-bond acceptors (Lipinski definition) is 2. The summed E-state index contributed by atoms with van der Waals surface area (Å²) in [5.41, 5.74) is 0. The molecule has 0 unspecified atom stereocenters. The van der Waals surface area contributed by atoms with Crippen LogP contribution in [-0.2, 0) is 9.59 Å². The average molecular weight is 117 g/mol. The van der Waals surface area contributed by atoms with E-state index in [1.807, 2.05) is 0 Å². The second-order valence-electron chi connectivity index (χ2n) is 0.959. The predicted octanol–water partition coefficient (Wildman–Crippen LogP) is 0.0419. The Kier molecular flexibility index (Phi) is 2.47. The molecule has 0 spiro atoms. The summed E-state index contributed by atoms with van der Waals surface area (Å²) in [5, 5.41) is -0.590. The normalized spacial score (nSPS) is 7.62. The number of carbonyl (C=O) groups excluding carboxylic acids is 2. The summed E-state index contributed by atoms with van der Waals surface area (Å²) in [4.78, 5) is 19.3. The van der Waals surface area contributed by atoms with E-state index in [1.165, 1.54) is 0 Å². The molecule has 0 atom stereocenters. The van der Waals surface area contributed by atoms with Gasteiger partial charge >= 0.3 is 0 Å². The van der Waals surface area contributed by atoms with Crippen LogP contribution in [0.2, 0.25) is 0 Å². The lowest BCUT2D eigenvalue weighted by molar-refractivity contribution is -0.149. The lowest BCUT2D eigenvalue weighted by Gasteiger charge is -1.94. The summed E-state index contributed by atoms with van der Waals surface area (Å²) in [7, 11) is 0. The maximum atomic E-state index is 11.6. The van der Waals surface area contributed by atoms with Crippen LogP contribution in [0.1, 0.15) is 0 Å². The van der Waals surface area contributed by atoms with Gasteiger partial charge < -0.3 is 0 Å². The molecule has 0 aliphatic carbocycles. The minimum absolute atomic E-state index is 0.232. The summed E-state index contributed by atoms with van der Waals surface area (Å²) >= 11 is 0. The van der Waals surface area contributed by atoms with Crippen molar-refractivity contribution < 1.29 is 14.1 Å². The molecule has 0 aliphatic heterocycles. The summed E-state index contributed by atoms with van der Waals surface area (Å²) in [6, 6.07) is 0. The second kappa shape index (κ2) is 2.90. The quantitative estimate of drug-likeness (QED) is 0.291. The van der Waals surface area contributed by atoms with Gasteiger partial charge in [-0.15, -0.1) is 5.12 Å². The van der Waals surface area contributed by atoms with E-state index in [2.05, 4.69) is 6.58 Å². The summed E-state index contributed by atoms with van der Waals surface area (Å²) in [5.74, 6) is -1.06. The van der Waals surface area contributed by atoms with Crippen molar-refractivity contribution >= 4 is 12.3 Å². The molecule has 0 aromatic rings. The Morgan fingerprint density at radius 2 is 2.25 bits per heavy atom. The molecule has 0 heterocycles. The number of carbonyl (C=O) groups is 2. The molecule has 0 aromatic carbocycles. The van der Waals surface area contributed by atoms with Gasteiger partial charge in [-0.2, -0.15) is 0 Å². The molecular weight excluding hydrogens is 113 g/mol. The molecule has 0 fully saturated rings. The molecular formula is C4H4FNO2. The highest BCUT2D eigenvalue weighted by Gasteiger charge is 2.03. The first-order valence-corrected chi connectivity index (χ1v) is 1.79. The van der Waals surface area contributed by atoms with Crippen LogP contribution in [0.3, 0.4) is 0 Å². The monoisotopic (exact) mass is 117 g/mol. The third kappa shape index (κ3) is 1.51. The number of hydrogen-bond donors (Lipinski definition) is 0. The van der Waals surface area contributed by atoms with E-state index in [0.717, 1.165) is 0 Å². The van der Waals surface area contributed by atoms with Crippen molar-refractivity contribution in [1.82, 2.24) is 5.12 Å². The number of rotatable bonds is 2. The van der Waals surface area contributed by atoms with Crippen molar-refractivity contribution in [2.24, 2.45) is 0 Å². The SMILES string of the molecule is C=CC(=O)N(F)C=O. The van der Waals surface area contributed by atoms with Gasteiger partial charge in [-0.3, -0.25) is 9.59 Å². The van der Waals surface area contributed by atoms with Gasteiger partial charge in [0.1, 0.15) is 0 Å². The Labute approximate surface area is 45.3 Å². The Hall–Kier alpha value is -1.19. The predicted molar refractivity (Wildman–Crippen MR) is 24.2 cm³/mol. The molecule has 2 amide bonds. The van der Waals surface area contributed by atoms with Gasteiger partial charge in [0.2, 0.25) is 6.41 Å². The fourth-order valence-corrected chi connectivity index (χ4v) is 0.139. The molecule has 0 N–H and O–H groups in total. The molecule has 3 nitrogen and oxygen atoms in total. The molecule has 0 saturated heterocycles. The van der Waals surface area contributed by atoms with E-state index >= 15 is 0 Å². The largest absolute Gasteiger partial charge is 0.280 e. The van der Waals surface area contributed by atoms with Crippen LogP contribution >= 0.6 is 0 Å². The first-order chi connectivity index (χ1) is 3.72. The van der Waals surface area contributed by atoms with Crippen molar-refractivity contribution in [1.29, 1.82) is 0 Å². The van der Waals surface area contributed by atoms with Crippen LogP contribution in [0.15, 0.2) is 12.7 Å². The second-order valence-corrected chi connectivity index (χ2v) is 0.959. The van der Waals surface area contributed by atoms with Crippen molar-refractivity contribution in [3.05, 3.63) is 12.7 Å². The van der Waals surface area contributed by atoms with Gasteiger partial charge in [0.15, 0.2) is 0 Å². The van der Waals surface area contributed by atoms with Crippen LogP contribution in [-0.4, -0.2) is 17.4 Å². The fourth-order valence-electron chi connectivity index (χ4n) is 0.139. The van der Waals surface area contributed by atoms with E-state index < -0.39 is 11.0 Å². The van der Waals surface area contributed by atoms with E-state index in [0.29, 0.717) is 6.08 Å². The van der Waals surface area contributed by atoms with Crippen molar-refractivity contribution in [3.8, 4) is 0 Å². The zero-order chi connectivity index (χ0) is 6.57. The highest BCUT2D eigenvalue weighted by molar-refractivity contribution is 5.92. The molecule has 0 radical (unpaired) electrons. The van der Waals surface area contributed by atoms with Gasteiger partial charge in [-0.25, -0.2) is 0 Å². The lowest BCUT2D eigenvalue weighted by Crippen LogP contribution is -2.17. The Morgan fingerprint density at radius 1 is 1.75 bits per heavy atom. The standard InChI is InChI=1S/C4H4FNO2/c1-2-4(8)6(5)3-7/h2-3H,1H2. The fraction of sp³-hybridized carbons (Fsp3) is 0.